The Morgan fingerprint density at radius 3 is 3.05 bits per heavy atom. The van der Waals surface area contributed by atoms with Crippen LogP contribution in [-0.4, -0.2) is 30.6 Å². The Labute approximate surface area is 121 Å². The van der Waals surface area contributed by atoms with Gasteiger partial charge in [0.1, 0.15) is 5.75 Å². The van der Waals surface area contributed by atoms with Gasteiger partial charge in [-0.25, -0.2) is 0 Å². The Hall–Kier alpha value is -0.770. The van der Waals surface area contributed by atoms with Crippen molar-refractivity contribution >= 4 is 12.4 Å². The SMILES string of the molecule is CC1CN(Cc2ccc3c(c2)CCO3)CCC1N.Cl. The second-order valence-electron chi connectivity index (χ2n) is 5.71. The molecule has 2 heterocycles. The summed E-state index contributed by atoms with van der Waals surface area (Å²) in [5, 5.41) is 0. The van der Waals surface area contributed by atoms with Crippen molar-refractivity contribution < 1.29 is 4.74 Å². The van der Waals surface area contributed by atoms with Gasteiger partial charge in [0.25, 0.3) is 0 Å². The highest BCUT2D eigenvalue weighted by Crippen LogP contribution is 2.27. The fourth-order valence-electron chi connectivity index (χ4n) is 2.99. The second-order valence-corrected chi connectivity index (χ2v) is 5.71. The summed E-state index contributed by atoms with van der Waals surface area (Å²) in [6.45, 7) is 6.39. The number of piperidine rings is 1. The van der Waals surface area contributed by atoms with Crippen LogP contribution in [0.15, 0.2) is 18.2 Å². The van der Waals surface area contributed by atoms with Crippen molar-refractivity contribution in [3.63, 3.8) is 0 Å². The highest BCUT2D eigenvalue weighted by molar-refractivity contribution is 5.85. The highest BCUT2D eigenvalue weighted by Gasteiger charge is 2.23. The summed E-state index contributed by atoms with van der Waals surface area (Å²) in [5.41, 5.74) is 8.84. The van der Waals surface area contributed by atoms with Crippen molar-refractivity contribution in [2.24, 2.45) is 11.7 Å². The lowest BCUT2D eigenvalue weighted by atomic mass is 9.94. The smallest absolute Gasteiger partial charge is 0.122 e. The molecule has 4 heteroatoms. The number of fused-ring (bicyclic) bond motifs is 1. The zero-order valence-corrected chi connectivity index (χ0v) is 12.3. The Morgan fingerprint density at radius 2 is 2.26 bits per heavy atom. The number of hydrogen-bond acceptors (Lipinski definition) is 3. The molecule has 2 unspecified atom stereocenters. The lowest BCUT2D eigenvalue weighted by Gasteiger charge is -2.35. The standard InChI is InChI=1S/C15H22N2O.ClH/c1-11-9-17(6-4-14(11)16)10-12-2-3-15-13(8-12)5-7-18-15;/h2-3,8,11,14H,4-7,9-10,16H2,1H3;1H. The van der Waals surface area contributed by atoms with E-state index >= 15 is 0 Å². The Bertz CT molecular complexity index is 438. The van der Waals surface area contributed by atoms with E-state index in [-0.39, 0.29) is 12.4 Å². The van der Waals surface area contributed by atoms with Crippen molar-refractivity contribution in [1.82, 2.24) is 4.90 Å². The van der Waals surface area contributed by atoms with Gasteiger partial charge in [-0.15, -0.1) is 12.4 Å². The van der Waals surface area contributed by atoms with E-state index in [1.54, 1.807) is 0 Å². The molecule has 1 fully saturated rings. The number of likely N-dealkylation sites (tertiary alicyclic amines) is 1. The molecule has 0 spiro atoms. The van der Waals surface area contributed by atoms with Crippen LogP contribution in [0.5, 0.6) is 5.75 Å². The van der Waals surface area contributed by atoms with E-state index in [1.807, 2.05) is 0 Å². The van der Waals surface area contributed by atoms with Gasteiger partial charge in [0.05, 0.1) is 6.61 Å². The topological polar surface area (TPSA) is 38.5 Å². The number of hydrogen-bond donors (Lipinski definition) is 1. The van der Waals surface area contributed by atoms with Crippen molar-refractivity contribution in [2.45, 2.75) is 32.4 Å². The predicted molar refractivity (Wildman–Crippen MR) is 79.9 cm³/mol. The lowest BCUT2D eigenvalue weighted by Crippen LogP contribution is -2.45. The number of halogens is 1. The third kappa shape index (κ3) is 3.22. The fourth-order valence-corrected chi connectivity index (χ4v) is 2.99. The van der Waals surface area contributed by atoms with Crippen molar-refractivity contribution in [3.8, 4) is 5.75 Å². The maximum Gasteiger partial charge on any atom is 0.122 e. The number of ether oxygens (including phenoxy) is 1. The number of nitrogens with two attached hydrogens (primary N) is 1. The molecule has 0 aromatic heterocycles. The van der Waals surface area contributed by atoms with Gasteiger partial charge in [-0.1, -0.05) is 19.1 Å². The molecule has 2 aliphatic rings. The molecule has 2 N–H and O–H groups in total. The molecule has 106 valence electrons. The van der Waals surface area contributed by atoms with Crippen LogP contribution >= 0.6 is 12.4 Å². The molecule has 2 aliphatic heterocycles. The molecule has 1 aromatic rings. The summed E-state index contributed by atoms with van der Waals surface area (Å²) in [6.07, 6.45) is 2.18. The van der Waals surface area contributed by atoms with Crippen molar-refractivity contribution in [1.29, 1.82) is 0 Å². The molecule has 2 atom stereocenters. The molecule has 1 aromatic carbocycles. The molecule has 19 heavy (non-hydrogen) atoms. The van der Waals surface area contributed by atoms with Gasteiger partial charge in [-0.3, -0.25) is 4.90 Å². The van der Waals surface area contributed by atoms with E-state index < -0.39 is 0 Å². The minimum atomic E-state index is 0. The average Bonchev–Trinajstić information content (AvgIpc) is 2.81. The minimum absolute atomic E-state index is 0. The highest BCUT2D eigenvalue weighted by atomic mass is 35.5. The van der Waals surface area contributed by atoms with Crippen molar-refractivity contribution in [3.05, 3.63) is 29.3 Å². The zero-order valence-electron chi connectivity index (χ0n) is 11.5. The van der Waals surface area contributed by atoms with Crippen molar-refractivity contribution in [2.75, 3.05) is 19.7 Å². The molecule has 1 saturated heterocycles. The first-order chi connectivity index (χ1) is 8.72. The predicted octanol–water partition coefficient (Wildman–Crippen LogP) is 2.21. The van der Waals surface area contributed by atoms with Gasteiger partial charge >= 0.3 is 0 Å². The molecule has 3 rings (SSSR count). The van der Waals surface area contributed by atoms with E-state index in [1.165, 1.54) is 11.1 Å². The van der Waals surface area contributed by atoms with Gasteiger partial charge in [-0.2, -0.15) is 0 Å². The fraction of sp³-hybridized carbons (Fsp3) is 0.600. The molecule has 0 saturated carbocycles. The second kappa shape index (κ2) is 6.12. The Morgan fingerprint density at radius 1 is 1.42 bits per heavy atom. The molecule has 0 bridgehead atoms. The van der Waals surface area contributed by atoms with E-state index in [2.05, 4.69) is 30.0 Å². The number of nitrogens with zero attached hydrogens (tertiary/aromatic N) is 1. The normalized spacial score (nSPS) is 26.4. The van der Waals surface area contributed by atoms with Crippen LogP contribution in [-0.2, 0) is 13.0 Å². The van der Waals surface area contributed by atoms with E-state index in [0.717, 1.165) is 44.8 Å². The first-order valence-electron chi connectivity index (χ1n) is 6.95. The van der Waals surface area contributed by atoms with Crippen LogP contribution in [0.3, 0.4) is 0 Å². The summed E-state index contributed by atoms with van der Waals surface area (Å²) in [6, 6.07) is 7.01. The van der Waals surface area contributed by atoms with Gasteiger partial charge in [0, 0.05) is 25.6 Å². The first kappa shape index (κ1) is 14.6. The average molecular weight is 283 g/mol. The minimum Gasteiger partial charge on any atom is -0.493 e. The van der Waals surface area contributed by atoms with E-state index in [9.17, 15) is 0 Å². The molecular weight excluding hydrogens is 260 g/mol. The van der Waals surface area contributed by atoms with Crippen LogP contribution < -0.4 is 10.5 Å². The Kier molecular flexibility index (Phi) is 4.71. The summed E-state index contributed by atoms with van der Waals surface area (Å²) in [5.74, 6) is 1.68. The Balaban J connectivity index is 0.00000133. The lowest BCUT2D eigenvalue weighted by molar-refractivity contribution is 0.158. The van der Waals surface area contributed by atoms with Crippen LogP contribution in [0.1, 0.15) is 24.5 Å². The third-order valence-corrected chi connectivity index (χ3v) is 4.22. The zero-order chi connectivity index (χ0) is 12.5. The van der Waals surface area contributed by atoms with Crippen LogP contribution in [0, 0.1) is 5.92 Å². The maximum atomic E-state index is 6.06. The molecule has 0 radical (unpaired) electrons. The monoisotopic (exact) mass is 282 g/mol. The van der Waals surface area contributed by atoms with Gasteiger partial charge < -0.3 is 10.5 Å². The van der Waals surface area contributed by atoms with Gasteiger partial charge in [-0.05, 0) is 36.1 Å². The first-order valence-corrected chi connectivity index (χ1v) is 6.95. The van der Waals surface area contributed by atoms with E-state index in [0.29, 0.717) is 12.0 Å². The molecular formula is C15H23ClN2O. The molecule has 0 amide bonds. The number of benzene rings is 1. The van der Waals surface area contributed by atoms with Crippen LogP contribution in [0.25, 0.3) is 0 Å². The summed E-state index contributed by atoms with van der Waals surface area (Å²) < 4.78 is 5.54. The third-order valence-electron chi connectivity index (χ3n) is 4.22. The summed E-state index contributed by atoms with van der Waals surface area (Å²) in [4.78, 5) is 2.52. The van der Waals surface area contributed by atoms with E-state index in [4.69, 9.17) is 10.5 Å². The van der Waals surface area contributed by atoms with Crippen LogP contribution in [0.2, 0.25) is 0 Å². The summed E-state index contributed by atoms with van der Waals surface area (Å²) >= 11 is 0. The molecule has 0 aliphatic carbocycles. The number of rotatable bonds is 2. The van der Waals surface area contributed by atoms with Gasteiger partial charge in [0.15, 0.2) is 0 Å². The van der Waals surface area contributed by atoms with Crippen LogP contribution in [0.4, 0.5) is 0 Å². The largest absolute Gasteiger partial charge is 0.493 e. The summed E-state index contributed by atoms with van der Waals surface area (Å²) in [7, 11) is 0. The maximum absolute atomic E-state index is 6.06. The molecule has 3 nitrogen and oxygen atoms in total. The van der Waals surface area contributed by atoms with Gasteiger partial charge in [0.2, 0.25) is 0 Å². The quantitative estimate of drug-likeness (QED) is 0.904.